The molecule has 1 aliphatic carbocycles. The third kappa shape index (κ3) is 10.5. The van der Waals surface area contributed by atoms with Crippen LogP contribution in [0.2, 0.25) is 0 Å². The van der Waals surface area contributed by atoms with Crippen LogP contribution in [0.1, 0.15) is 97.8 Å². The Labute approximate surface area is 196 Å². The molecule has 3 aliphatic rings. The molecule has 2 heterocycles. The first-order chi connectivity index (χ1) is 15.5. The summed E-state index contributed by atoms with van der Waals surface area (Å²) >= 11 is 0. The number of carbonyl (C=O) groups excluding carboxylic acids is 1. The fraction of sp³-hybridized carbons (Fsp3) is 0.962. The molecule has 2 saturated heterocycles. The highest BCUT2D eigenvalue weighted by molar-refractivity contribution is 5.76. The van der Waals surface area contributed by atoms with Gasteiger partial charge in [0.15, 0.2) is 0 Å². The van der Waals surface area contributed by atoms with E-state index in [0.29, 0.717) is 18.4 Å². The molecule has 6 heteroatoms. The minimum atomic E-state index is -0.358. The Bertz CT molecular complexity index is 481. The Morgan fingerprint density at radius 2 is 1.59 bits per heavy atom. The maximum Gasteiger partial charge on any atom is 0.325 e. The Balaban J connectivity index is 0.000000451. The smallest absolute Gasteiger partial charge is 0.325 e. The van der Waals surface area contributed by atoms with Crippen molar-refractivity contribution in [2.45, 2.75) is 116 Å². The SMILES string of the molecule is CCN(CC)CC.O=C(OC1CCCCO1)[C@@H]1CC(CC(O)CC2CCCCCC2)CN1. The van der Waals surface area contributed by atoms with Crippen molar-refractivity contribution in [2.24, 2.45) is 11.8 Å². The standard InChI is InChI=1S/C20H35NO4.C6H15N/c22-17(11-15-7-3-1-2-4-8-15)12-16-13-18(21-14-16)20(23)25-19-9-5-6-10-24-19;1-4-7(5-2)6-3/h15-19,21-22H,1-14H2;4-6H2,1-3H3/t16?,17?,18-,19?;/m0./s1. The molecule has 188 valence electrons. The number of nitrogens with zero attached hydrogens (tertiary/aromatic N) is 1. The number of aliphatic hydroxyl groups excluding tert-OH is 1. The van der Waals surface area contributed by atoms with Gasteiger partial charge in [-0.25, -0.2) is 0 Å². The molecule has 3 unspecified atom stereocenters. The zero-order valence-electron chi connectivity index (χ0n) is 21.0. The van der Waals surface area contributed by atoms with Gasteiger partial charge in [-0.1, -0.05) is 59.3 Å². The van der Waals surface area contributed by atoms with Gasteiger partial charge in [-0.15, -0.1) is 0 Å². The lowest BCUT2D eigenvalue weighted by atomic mass is 9.89. The van der Waals surface area contributed by atoms with Crippen LogP contribution >= 0.6 is 0 Å². The van der Waals surface area contributed by atoms with E-state index in [9.17, 15) is 9.90 Å². The Hall–Kier alpha value is -0.690. The monoisotopic (exact) mass is 454 g/mol. The summed E-state index contributed by atoms with van der Waals surface area (Å²) in [7, 11) is 0. The highest BCUT2D eigenvalue weighted by Crippen LogP contribution is 2.29. The maximum absolute atomic E-state index is 12.3. The van der Waals surface area contributed by atoms with E-state index >= 15 is 0 Å². The molecule has 0 aromatic rings. The summed E-state index contributed by atoms with van der Waals surface area (Å²) in [5.41, 5.74) is 0. The molecule has 2 N–H and O–H groups in total. The second-order valence-electron chi connectivity index (χ2n) is 9.90. The number of nitrogens with one attached hydrogen (secondary N) is 1. The quantitative estimate of drug-likeness (QED) is 0.395. The fourth-order valence-corrected chi connectivity index (χ4v) is 5.32. The van der Waals surface area contributed by atoms with Gasteiger partial charge in [0.1, 0.15) is 6.04 Å². The number of ether oxygens (including phenoxy) is 2. The third-order valence-corrected chi connectivity index (χ3v) is 7.42. The molecule has 4 atom stereocenters. The second-order valence-corrected chi connectivity index (χ2v) is 9.90. The van der Waals surface area contributed by atoms with Crippen LogP contribution in [-0.4, -0.2) is 67.2 Å². The van der Waals surface area contributed by atoms with Crippen molar-refractivity contribution in [1.29, 1.82) is 0 Å². The summed E-state index contributed by atoms with van der Waals surface area (Å²) in [6.07, 6.45) is 12.7. The molecular weight excluding hydrogens is 404 g/mol. The molecule has 0 aromatic heterocycles. The van der Waals surface area contributed by atoms with Gasteiger partial charge in [0.05, 0.1) is 12.7 Å². The maximum atomic E-state index is 12.3. The van der Waals surface area contributed by atoms with E-state index in [-0.39, 0.29) is 24.4 Å². The summed E-state index contributed by atoms with van der Waals surface area (Å²) in [4.78, 5) is 14.6. The Kier molecular flexibility index (Phi) is 13.8. The van der Waals surface area contributed by atoms with Crippen LogP contribution in [0.5, 0.6) is 0 Å². The van der Waals surface area contributed by atoms with Crippen LogP contribution in [0.15, 0.2) is 0 Å². The molecule has 2 aliphatic heterocycles. The molecular formula is C26H50N2O4. The van der Waals surface area contributed by atoms with Crippen molar-refractivity contribution < 1.29 is 19.4 Å². The molecule has 1 saturated carbocycles. The van der Waals surface area contributed by atoms with Gasteiger partial charge in [0.2, 0.25) is 6.29 Å². The molecule has 0 amide bonds. The number of carbonyl (C=O) groups is 1. The third-order valence-electron chi connectivity index (χ3n) is 7.42. The van der Waals surface area contributed by atoms with Gasteiger partial charge in [-0.3, -0.25) is 4.79 Å². The molecule has 3 fully saturated rings. The summed E-state index contributed by atoms with van der Waals surface area (Å²) in [5, 5.41) is 13.7. The molecule has 0 aromatic carbocycles. The molecule has 3 rings (SSSR count). The molecule has 0 bridgehead atoms. The number of rotatable bonds is 9. The minimum absolute atomic E-state index is 0.187. The average molecular weight is 455 g/mol. The fourth-order valence-electron chi connectivity index (χ4n) is 5.32. The number of aliphatic hydroxyl groups is 1. The van der Waals surface area contributed by atoms with Crippen molar-refractivity contribution in [3.8, 4) is 0 Å². The van der Waals surface area contributed by atoms with Crippen molar-refractivity contribution >= 4 is 5.97 Å². The van der Waals surface area contributed by atoms with E-state index in [1.165, 1.54) is 58.2 Å². The average Bonchev–Trinajstić information content (AvgIpc) is 3.11. The van der Waals surface area contributed by atoms with E-state index in [4.69, 9.17) is 9.47 Å². The van der Waals surface area contributed by atoms with Gasteiger partial charge in [-0.05, 0) is 70.1 Å². The van der Waals surface area contributed by atoms with Crippen LogP contribution in [0.4, 0.5) is 0 Å². The molecule has 0 spiro atoms. The lowest BCUT2D eigenvalue weighted by Crippen LogP contribution is -2.36. The van der Waals surface area contributed by atoms with Crippen molar-refractivity contribution in [2.75, 3.05) is 32.8 Å². The van der Waals surface area contributed by atoms with E-state index in [1.807, 2.05) is 0 Å². The molecule has 0 radical (unpaired) electrons. The first-order valence-corrected chi connectivity index (χ1v) is 13.5. The first kappa shape index (κ1) is 27.6. The zero-order chi connectivity index (χ0) is 23.2. The van der Waals surface area contributed by atoms with E-state index < -0.39 is 0 Å². The van der Waals surface area contributed by atoms with Gasteiger partial charge in [0.25, 0.3) is 0 Å². The van der Waals surface area contributed by atoms with Gasteiger partial charge >= 0.3 is 5.97 Å². The van der Waals surface area contributed by atoms with Gasteiger partial charge < -0.3 is 24.8 Å². The number of esters is 1. The van der Waals surface area contributed by atoms with Gasteiger partial charge in [0, 0.05) is 6.42 Å². The summed E-state index contributed by atoms with van der Waals surface area (Å²) in [6.45, 7) is 11.6. The van der Waals surface area contributed by atoms with Crippen molar-refractivity contribution in [3.05, 3.63) is 0 Å². The molecule has 32 heavy (non-hydrogen) atoms. The van der Waals surface area contributed by atoms with Crippen molar-refractivity contribution in [3.63, 3.8) is 0 Å². The Morgan fingerprint density at radius 3 is 2.16 bits per heavy atom. The second kappa shape index (κ2) is 16.0. The van der Waals surface area contributed by atoms with E-state index in [1.54, 1.807) is 0 Å². The van der Waals surface area contributed by atoms with Crippen molar-refractivity contribution in [1.82, 2.24) is 10.2 Å². The first-order valence-electron chi connectivity index (χ1n) is 13.5. The van der Waals surface area contributed by atoms with E-state index in [2.05, 4.69) is 31.0 Å². The predicted molar refractivity (Wildman–Crippen MR) is 129 cm³/mol. The van der Waals surface area contributed by atoms with Crippen LogP contribution in [0, 0.1) is 11.8 Å². The highest BCUT2D eigenvalue weighted by Gasteiger charge is 2.33. The van der Waals surface area contributed by atoms with Crippen LogP contribution in [0.25, 0.3) is 0 Å². The lowest BCUT2D eigenvalue weighted by Gasteiger charge is -2.24. The number of hydrogen-bond donors (Lipinski definition) is 2. The van der Waals surface area contributed by atoms with E-state index in [0.717, 1.165) is 45.1 Å². The topological polar surface area (TPSA) is 71.0 Å². The lowest BCUT2D eigenvalue weighted by molar-refractivity contribution is -0.188. The highest BCUT2D eigenvalue weighted by atomic mass is 16.7. The van der Waals surface area contributed by atoms with Crippen LogP contribution in [0.3, 0.4) is 0 Å². The van der Waals surface area contributed by atoms with Gasteiger partial charge in [-0.2, -0.15) is 0 Å². The summed E-state index contributed by atoms with van der Waals surface area (Å²) in [6, 6.07) is -0.236. The summed E-state index contributed by atoms with van der Waals surface area (Å²) < 4.78 is 11.0. The van der Waals surface area contributed by atoms with Crippen LogP contribution < -0.4 is 5.32 Å². The summed E-state index contributed by atoms with van der Waals surface area (Å²) in [5.74, 6) is 0.870. The molecule has 6 nitrogen and oxygen atoms in total. The predicted octanol–water partition coefficient (Wildman–Crippen LogP) is 4.49. The van der Waals surface area contributed by atoms with Crippen LogP contribution in [-0.2, 0) is 14.3 Å². The zero-order valence-corrected chi connectivity index (χ0v) is 21.0. The normalized spacial score (nSPS) is 28.0. The minimum Gasteiger partial charge on any atom is -0.435 e. The largest absolute Gasteiger partial charge is 0.435 e. The Morgan fingerprint density at radius 1 is 0.969 bits per heavy atom. The number of hydrogen-bond acceptors (Lipinski definition) is 6.